The lowest BCUT2D eigenvalue weighted by Gasteiger charge is -2.33. The van der Waals surface area contributed by atoms with Gasteiger partial charge in [0.1, 0.15) is 11.3 Å². The molecule has 3 amide bonds. The lowest BCUT2D eigenvalue weighted by molar-refractivity contribution is -0.132. The van der Waals surface area contributed by atoms with Crippen LogP contribution >= 0.6 is 0 Å². The van der Waals surface area contributed by atoms with E-state index in [4.69, 9.17) is 4.74 Å². The molecule has 25 heavy (non-hydrogen) atoms. The number of urea groups is 1. The fraction of sp³-hybridized carbons (Fsp3) is 0.300. The molecule has 1 N–H and O–H groups in total. The van der Waals surface area contributed by atoms with Crippen LogP contribution in [0.25, 0.3) is 0 Å². The maximum absolute atomic E-state index is 13.2. The van der Waals surface area contributed by atoms with E-state index in [2.05, 4.69) is 5.32 Å². The summed E-state index contributed by atoms with van der Waals surface area (Å²) in [7, 11) is 1.63. The molecule has 1 fully saturated rings. The number of hydrogen-bond donors (Lipinski definition) is 1. The van der Waals surface area contributed by atoms with Gasteiger partial charge in [-0.15, -0.1) is 0 Å². The quantitative estimate of drug-likeness (QED) is 0.877. The smallest absolute Gasteiger partial charge is 0.325 e. The first kappa shape index (κ1) is 15.7. The third-order valence-electron chi connectivity index (χ3n) is 5.13. The first-order valence-electron chi connectivity index (χ1n) is 8.49. The van der Waals surface area contributed by atoms with Gasteiger partial charge in [0.15, 0.2) is 0 Å². The number of nitrogens with one attached hydrogen (secondary N) is 1. The molecule has 0 aromatic heterocycles. The zero-order valence-electron chi connectivity index (χ0n) is 14.1. The van der Waals surface area contributed by atoms with Crippen molar-refractivity contribution >= 4 is 11.9 Å². The minimum absolute atomic E-state index is 0.160. The number of benzene rings is 2. The molecule has 2 aliphatic rings. The van der Waals surface area contributed by atoms with Crippen LogP contribution in [0.5, 0.6) is 5.75 Å². The Labute approximate surface area is 146 Å². The second-order valence-corrected chi connectivity index (χ2v) is 6.59. The van der Waals surface area contributed by atoms with Gasteiger partial charge in [0.25, 0.3) is 5.91 Å². The van der Waals surface area contributed by atoms with Crippen molar-refractivity contribution in [3.8, 4) is 5.75 Å². The molecular formula is C20H20N2O3. The van der Waals surface area contributed by atoms with Crippen molar-refractivity contribution in [2.45, 2.75) is 31.3 Å². The molecule has 0 unspecified atom stereocenters. The summed E-state index contributed by atoms with van der Waals surface area (Å²) in [6.07, 6.45) is 2.36. The van der Waals surface area contributed by atoms with Crippen LogP contribution in [-0.2, 0) is 23.3 Å². The normalized spacial score (nSPS) is 22.0. The molecule has 1 atom stereocenters. The van der Waals surface area contributed by atoms with Crippen LogP contribution in [0, 0.1) is 0 Å². The highest BCUT2D eigenvalue weighted by Crippen LogP contribution is 2.41. The number of carbonyl (C=O) groups is 2. The van der Waals surface area contributed by atoms with E-state index in [1.165, 1.54) is 4.90 Å². The van der Waals surface area contributed by atoms with Crippen LogP contribution < -0.4 is 10.1 Å². The van der Waals surface area contributed by atoms with Gasteiger partial charge in [-0.3, -0.25) is 9.69 Å². The Morgan fingerprint density at radius 1 is 1.16 bits per heavy atom. The summed E-state index contributed by atoms with van der Waals surface area (Å²) in [6, 6.07) is 15.0. The number of carbonyl (C=O) groups excluding carboxylic acids is 2. The summed E-state index contributed by atoms with van der Waals surface area (Å²) in [5.74, 6) is 0.612. The summed E-state index contributed by atoms with van der Waals surface area (Å²) in [5, 5.41) is 2.98. The second kappa shape index (κ2) is 5.92. The average molecular weight is 336 g/mol. The van der Waals surface area contributed by atoms with Gasteiger partial charge < -0.3 is 10.1 Å². The number of fused-ring (bicyclic) bond motifs is 2. The summed E-state index contributed by atoms with van der Waals surface area (Å²) in [6.45, 7) is 0.290. The highest BCUT2D eigenvalue weighted by atomic mass is 16.5. The molecule has 2 aromatic carbocycles. The monoisotopic (exact) mass is 336 g/mol. The highest BCUT2D eigenvalue weighted by Gasteiger charge is 2.53. The van der Waals surface area contributed by atoms with Crippen molar-refractivity contribution < 1.29 is 14.3 Å². The number of hydrogen-bond acceptors (Lipinski definition) is 3. The molecule has 0 saturated carbocycles. The summed E-state index contributed by atoms with van der Waals surface area (Å²) in [4.78, 5) is 27.1. The van der Waals surface area contributed by atoms with Crippen LogP contribution in [0.15, 0.2) is 48.5 Å². The molecule has 1 spiro atoms. The van der Waals surface area contributed by atoms with Crippen LogP contribution in [0.1, 0.15) is 29.5 Å². The van der Waals surface area contributed by atoms with E-state index in [0.29, 0.717) is 13.0 Å². The Balaban J connectivity index is 1.70. The van der Waals surface area contributed by atoms with E-state index in [-0.39, 0.29) is 11.9 Å². The van der Waals surface area contributed by atoms with Crippen LogP contribution in [0.3, 0.4) is 0 Å². The van der Waals surface area contributed by atoms with Crippen molar-refractivity contribution in [2.24, 2.45) is 0 Å². The van der Waals surface area contributed by atoms with Gasteiger partial charge in [-0.2, -0.15) is 0 Å². The molecule has 2 aromatic rings. The molecule has 1 saturated heterocycles. The predicted molar refractivity (Wildman–Crippen MR) is 93.1 cm³/mol. The first-order chi connectivity index (χ1) is 12.1. The number of ether oxygens (including phenoxy) is 1. The third-order valence-corrected chi connectivity index (χ3v) is 5.13. The maximum Gasteiger partial charge on any atom is 0.325 e. The number of methoxy groups -OCH3 is 1. The zero-order valence-corrected chi connectivity index (χ0v) is 14.1. The van der Waals surface area contributed by atoms with Gasteiger partial charge in [-0.1, -0.05) is 36.4 Å². The third kappa shape index (κ3) is 2.47. The zero-order chi connectivity index (χ0) is 17.4. The Kier molecular flexibility index (Phi) is 3.71. The van der Waals surface area contributed by atoms with Gasteiger partial charge in [0, 0.05) is 0 Å². The van der Waals surface area contributed by atoms with Crippen molar-refractivity contribution in [2.75, 3.05) is 7.11 Å². The number of aryl methyl sites for hydroxylation is 1. The van der Waals surface area contributed by atoms with E-state index in [9.17, 15) is 9.59 Å². The largest absolute Gasteiger partial charge is 0.497 e. The summed E-state index contributed by atoms with van der Waals surface area (Å²) < 4.78 is 5.30. The number of amides is 3. The van der Waals surface area contributed by atoms with Crippen molar-refractivity contribution in [1.29, 1.82) is 0 Å². The van der Waals surface area contributed by atoms with Gasteiger partial charge in [-0.25, -0.2) is 4.79 Å². The lowest BCUT2D eigenvalue weighted by Crippen LogP contribution is -2.46. The van der Waals surface area contributed by atoms with Crippen LogP contribution in [0.2, 0.25) is 0 Å². The SMILES string of the molecule is COc1ccc2c(c1)CCC[C@]21NC(=O)N(Cc2ccccc2)C1=O. The Morgan fingerprint density at radius 2 is 1.96 bits per heavy atom. The van der Waals surface area contributed by atoms with Gasteiger partial charge >= 0.3 is 6.03 Å². The average Bonchev–Trinajstić information content (AvgIpc) is 2.87. The Morgan fingerprint density at radius 3 is 2.72 bits per heavy atom. The minimum atomic E-state index is -0.939. The molecule has 5 nitrogen and oxygen atoms in total. The van der Waals surface area contributed by atoms with Crippen molar-refractivity contribution in [1.82, 2.24) is 10.2 Å². The van der Waals surface area contributed by atoms with E-state index >= 15 is 0 Å². The molecule has 5 heteroatoms. The van der Waals surface area contributed by atoms with Crippen LogP contribution in [0.4, 0.5) is 4.79 Å². The summed E-state index contributed by atoms with van der Waals surface area (Å²) >= 11 is 0. The Hall–Kier alpha value is -2.82. The van der Waals surface area contributed by atoms with E-state index in [0.717, 1.165) is 35.3 Å². The molecule has 0 bridgehead atoms. The van der Waals surface area contributed by atoms with Gasteiger partial charge in [0.2, 0.25) is 0 Å². The fourth-order valence-corrected chi connectivity index (χ4v) is 3.89. The van der Waals surface area contributed by atoms with Crippen LogP contribution in [-0.4, -0.2) is 23.9 Å². The second-order valence-electron chi connectivity index (χ2n) is 6.59. The fourth-order valence-electron chi connectivity index (χ4n) is 3.89. The predicted octanol–water partition coefficient (Wildman–Crippen LogP) is 2.98. The molecule has 1 aliphatic carbocycles. The molecule has 4 rings (SSSR count). The molecule has 1 heterocycles. The molecule has 0 radical (unpaired) electrons. The number of imide groups is 1. The summed E-state index contributed by atoms with van der Waals surface area (Å²) in [5.41, 5.74) is 1.97. The number of rotatable bonds is 3. The highest BCUT2D eigenvalue weighted by molar-refractivity contribution is 6.07. The van der Waals surface area contributed by atoms with Gasteiger partial charge in [0.05, 0.1) is 13.7 Å². The molecular weight excluding hydrogens is 316 g/mol. The first-order valence-corrected chi connectivity index (χ1v) is 8.49. The lowest BCUT2D eigenvalue weighted by atomic mass is 9.76. The van der Waals surface area contributed by atoms with E-state index in [1.807, 2.05) is 48.5 Å². The van der Waals surface area contributed by atoms with Crippen molar-refractivity contribution in [3.05, 3.63) is 65.2 Å². The van der Waals surface area contributed by atoms with Crippen molar-refractivity contribution in [3.63, 3.8) is 0 Å². The topological polar surface area (TPSA) is 58.6 Å². The van der Waals surface area contributed by atoms with E-state index in [1.54, 1.807) is 7.11 Å². The minimum Gasteiger partial charge on any atom is -0.497 e. The Bertz CT molecular complexity index is 834. The molecule has 1 aliphatic heterocycles. The van der Waals surface area contributed by atoms with Gasteiger partial charge in [-0.05, 0) is 48.1 Å². The number of nitrogens with zero attached hydrogens (tertiary/aromatic N) is 1. The maximum atomic E-state index is 13.2. The van der Waals surface area contributed by atoms with E-state index < -0.39 is 5.54 Å². The molecule has 128 valence electrons. The standard InChI is InChI=1S/C20H20N2O3/c1-25-16-9-10-17-15(12-16)8-5-11-20(17)18(23)22(19(24)21-20)13-14-6-3-2-4-7-14/h2-4,6-7,9-10,12H,5,8,11,13H2,1H3,(H,21,24)/t20-/m0/s1.